The molecule has 2 rings (SSSR count). The highest BCUT2D eigenvalue weighted by atomic mass is 32.2. The van der Waals surface area contributed by atoms with E-state index in [1.807, 2.05) is 0 Å². The Morgan fingerprint density at radius 2 is 1.32 bits per heavy atom. The van der Waals surface area contributed by atoms with Crippen molar-refractivity contribution in [3.05, 3.63) is 59.7 Å². The van der Waals surface area contributed by atoms with Gasteiger partial charge in [-0.3, -0.25) is 9.59 Å². The van der Waals surface area contributed by atoms with E-state index >= 15 is 0 Å². The third-order valence-corrected chi connectivity index (χ3v) is 5.87. The molecule has 2 N–H and O–H groups in total. The summed E-state index contributed by atoms with van der Waals surface area (Å²) in [6, 6.07) is 12.3. The molecule has 2 aromatic carbocycles. The molecule has 0 atom stereocenters. The zero-order chi connectivity index (χ0) is 18.6. The summed E-state index contributed by atoms with van der Waals surface area (Å²) in [5, 5.41) is 4.70. The molecule has 0 heterocycles. The second-order valence-corrected chi connectivity index (χ2v) is 8.23. The zero-order valence-corrected chi connectivity index (χ0v) is 15.1. The lowest BCUT2D eigenvalue weighted by atomic mass is 10.1. The molecule has 7 heteroatoms. The van der Waals surface area contributed by atoms with Gasteiger partial charge >= 0.3 is 0 Å². The summed E-state index contributed by atoms with van der Waals surface area (Å²) in [7, 11) is -1.82. The van der Waals surface area contributed by atoms with Crippen molar-refractivity contribution in [2.45, 2.75) is 24.0 Å². The van der Waals surface area contributed by atoms with E-state index in [0.717, 1.165) is 0 Å². The molecule has 0 spiro atoms. The monoisotopic (exact) mass is 360 g/mol. The smallest absolute Gasteiger partial charge is 0.255 e. The van der Waals surface area contributed by atoms with Gasteiger partial charge in [0, 0.05) is 23.9 Å². The number of carbonyl (C=O) groups excluding carboxylic acids is 2. The van der Waals surface area contributed by atoms with Crippen molar-refractivity contribution in [3.8, 4) is 0 Å². The van der Waals surface area contributed by atoms with Crippen LogP contribution in [0.25, 0.3) is 0 Å². The lowest BCUT2D eigenvalue weighted by Gasteiger charge is -2.09. The summed E-state index contributed by atoms with van der Waals surface area (Å²) < 4.78 is 24.2. The number of rotatable bonds is 5. The molecule has 0 bridgehead atoms. The van der Waals surface area contributed by atoms with E-state index in [-0.39, 0.29) is 16.7 Å². The molecule has 0 fully saturated rings. The molecule has 2 aromatic rings. The molecule has 0 radical (unpaired) electrons. The molecule has 25 heavy (non-hydrogen) atoms. The highest BCUT2D eigenvalue weighted by molar-refractivity contribution is 7.92. The van der Waals surface area contributed by atoms with Crippen LogP contribution in [0.5, 0.6) is 0 Å². The SMILES string of the molecule is CNC(=O)c1ccc(NC(=O)c2ccc(S(=O)(=O)C(C)C)cc2)cc1. The summed E-state index contributed by atoms with van der Waals surface area (Å²) in [5.74, 6) is -0.569. The van der Waals surface area contributed by atoms with Crippen LogP contribution in [0.1, 0.15) is 34.6 Å². The number of hydrogen-bond acceptors (Lipinski definition) is 4. The normalized spacial score (nSPS) is 11.2. The van der Waals surface area contributed by atoms with Gasteiger partial charge in [-0.2, -0.15) is 0 Å². The van der Waals surface area contributed by atoms with Gasteiger partial charge in [-0.05, 0) is 62.4 Å². The minimum atomic E-state index is -3.36. The van der Waals surface area contributed by atoms with Gasteiger partial charge in [0.05, 0.1) is 10.1 Å². The van der Waals surface area contributed by atoms with E-state index in [0.29, 0.717) is 16.8 Å². The Labute approximate surface area is 147 Å². The van der Waals surface area contributed by atoms with E-state index in [9.17, 15) is 18.0 Å². The highest BCUT2D eigenvalue weighted by Gasteiger charge is 2.19. The predicted molar refractivity (Wildman–Crippen MR) is 96.5 cm³/mol. The molecular weight excluding hydrogens is 340 g/mol. The number of anilines is 1. The molecule has 2 amide bonds. The number of sulfone groups is 1. The molecule has 0 aliphatic carbocycles. The first kappa shape index (κ1) is 18.7. The van der Waals surface area contributed by atoms with Crippen LogP contribution in [0.3, 0.4) is 0 Å². The van der Waals surface area contributed by atoms with Crippen LogP contribution in [0.4, 0.5) is 5.69 Å². The lowest BCUT2D eigenvalue weighted by Crippen LogP contribution is -2.18. The molecule has 0 aliphatic heterocycles. The third-order valence-electron chi connectivity index (χ3n) is 3.70. The Bertz CT molecular complexity index is 870. The lowest BCUT2D eigenvalue weighted by molar-refractivity contribution is 0.0962. The molecule has 0 saturated heterocycles. The van der Waals surface area contributed by atoms with Gasteiger partial charge in [-0.25, -0.2) is 8.42 Å². The average Bonchev–Trinajstić information content (AvgIpc) is 2.61. The van der Waals surface area contributed by atoms with Crippen molar-refractivity contribution in [3.63, 3.8) is 0 Å². The standard InChI is InChI=1S/C18H20N2O4S/c1-12(2)25(23,24)16-10-6-14(7-11-16)18(22)20-15-8-4-13(5-9-15)17(21)19-3/h4-12H,1-3H3,(H,19,21)(H,20,22). The van der Waals surface area contributed by atoms with Crippen LogP contribution < -0.4 is 10.6 Å². The van der Waals surface area contributed by atoms with Gasteiger partial charge in [-0.15, -0.1) is 0 Å². The van der Waals surface area contributed by atoms with E-state index in [1.54, 1.807) is 45.2 Å². The van der Waals surface area contributed by atoms with Crippen LogP contribution in [-0.2, 0) is 9.84 Å². The van der Waals surface area contributed by atoms with Crippen LogP contribution in [0, 0.1) is 0 Å². The van der Waals surface area contributed by atoms with Gasteiger partial charge in [0.2, 0.25) is 0 Å². The minimum absolute atomic E-state index is 0.189. The van der Waals surface area contributed by atoms with Crippen molar-refractivity contribution >= 4 is 27.3 Å². The number of hydrogen-bond donors (Lipinski definition) is 2. The van der Waals surface area contributed by atoms with E-state index in [4.69, 9.17) is 0 Å². The van der Waals surface area contributed by atoms with Crippen LogP contribution in [0.2, 0.25) is 0 Å². The highest BCUT2D eigenvalue weighted by Crippen LogP contribution is 2.17. The van der Waals surface area contributed by atoms with Gasteiger partial charge in [0.25, 0.3) is 11.8 Å². The van der Waals surface area contributed by atoms with Crippen molar-refractivity contribution in [2.24, 2.45) is 0 Å². The maximum absolute atomic E-state index is 12.2. The topological polar surface area (TPSA) is 92.3 Å². The number of carbonyl (C=O) groups is 2. The largest absolute Gasteiger partial charge is 0.355 e. The fourth-order valence-electron chi connectivity index (χ4n) is 2.12. The Morgan fingerprint density at radius 1 is 0.840 bits per heavy atom. The fraction of sp³-hybridized carbons (Fsp3) is 0.222. The van der Waals surface area contributed by atoms with Gasteiger partial charge in [0.15, 0.2) is 9.84 Å². The van der Waals surface area contributed by atoms with E-state index in [2.05, 4.69) is 10.6 Å². The first-order valence-corrected chi connectivity index (χ1v) is 9.28. The molecule has 0 aliphatic rings. The molecule has 0 aromatic heterocycles. The molecule has 6 nitrogen and oxygen atoms in total. The number of benzene rings is 2. The second kappa shape index (κ2) is 7.48. The summed E-state index contributed by atoms with van der Waals surface area (Å²) in [6.07, 6.45) is 0. The third kappa shape index (κ3) is 4.24. The van der Waals surface area contributed by atoms with Crippen LogP contribution >= 0.6 is 0 Å². The summed E-state index contributed by atoms with van der Waals surface area (Å²) >= 11 is 0. The molecule has 0 saturated carbocycles. The predicted octanol–water partition coefficient (Wildman–Crippen LogP) is 2.48. The van der Waals surface area contributed by atoms with Crippen molar-refractivity contribution in [1.29, 1.82) is 0 Å². The minimum Gasteiger partial charge on any atom is -0.355 e. The first-order valence-electron chi connectivity index (χ1n) is 7.73. The maximum atomic E-state index is 12.2. The van der Waals surface area contributed by atoms with Gasteiger partial charge < -0.3 is 10.6 Å². The summed E-state index contributed by atoms with van der Waals surface area (Å²) in [6.45, 7) is 3.22. The number of nitrogens with one attached hydrogen (secondary N) is 2. The van der Waals surface area contributed by atoms with Crippen molar-refractivity contribution in [1.82, 2.24) is 5.32 Å². The van der Waals surface area contributed by atoms with Crippen LogP contribution in [0.15, 0.2) is 53.4 Å². The van der Waals surface area contributed by atoms with E-state index in [1.165, 1.54) is 24.3 Å². The Kier molecular flexibility index (Phi) is 5.58. The average molecular weight is 360 g/mol. The van der Waals surface area contributed by atoms with Gasteiger partial charge in [0.1, 0.15) is 0 Å². The Morgan fingerprint density at radius 3 is 1.80 bits per heavy atom. The quantitative estimate of drug-likeness (QED) is 0.857. The Balaban J connectivity index is 2.12. The van der Waals surface area contributed by atoms with Crippen LogP contribution in [-0.4, -0.2) is 32.5 Å². The summed E-state index contributed by atoms with van der Waals surface area (Å²) in [4.78, 5) is 23.9. The fourth-order valence-corrected chi connectivity index (χ4v) is 3.18. The zero-order valence-electron chi connectivity index (χ0n) is 14.2. The Hall–Kier alpha value is -2.67. The maximum Gasteiger partial charge on any atom is 0.255 e. The first-order chi connectivity index (χ1) is 11.8. The number of amides is 2. The second-order valence-electron chi connectivity index (χ2n) is 5.73. The summed E-state index contributed by atoms with van der Waals surface area (Å²) in [5.41, 5.74) is 1.37. The molecular formula is C18H20N2O4S. The molecule has 132 valence electrons. The van der Waals surface area contributed by atoms with Crippen molar-refractivity contribution in [2.75, 3.05) is 12.4 Å². The van der Waals surface area contributed by atoms with Crippen molar-refractivity contribution < 1.29 is 18.0 Å². The molecule has 0 unspecified atom stereocenters. The van der Waals surface area contributed by atoms with Gasteiger partial charge in [-0.1, -0.05) is 0 Å². The van der Waals surface area contributed by atoms with E-state index < -0.39 is 15.1 Å².